The molecule has 0 amide bonds. The Balaban J connectivity index is 1.92. The van der Waals surface area contributed by atoms with Crippen LogP contribution in [0.2, 0.25) is 0 Å². The SMILES string of the molecule is Cc1csc(N=CN2CCOCC2)n1. The number of morpholine rings is 1. The molecule has 5 heteroatoms. The van der Waals surface area contributed by atoms with E-state index in [4.69, 9.17) is 4.74 Å². The molecule has 1 aromatic rings. The Morgan fingerprint density at radius 1 is 1.57 bits per heavy atom. The highest BCUT2D eigenvalue weighted by Gasteiger charge is 2.05. The van der Waals surface area contributed by atoms with Crippen molar-refractivity contribution in [1.29, 1.82) is 0 Å². The number of rotatable bonds is 2. The van der Waals surface area contributed by atoms with Gasteiger partial charge in [-0.2, -0.15) is 0 Å². The van der Waals surface area contributed by atoms with E-state index in [1.807, 2.05) is 18.6 Å². The standard InChI is InChI=1S/C9H13N3OS/c1-8-6-14-9(11-8)10-7-12-2-4-13-5-3-12/h6-7H,2-5H2,1H3. The Bertz CT molecular complexity index is 318. The fourth-order valence-electron chi connectivity index (χ4n) is 1.22. The lowest BCUT2D eigenvalue weighted by atomic mass is 10.5. The maximum absolute atomic E-state index is 5.24. The van der Waals surface area contributed by atoms with Crippen LogP contribution >= 0.6 is 11.3 Å². The van der Waals surface area contributed by atoms with Crippen molar-refractivity contribution in [2.45, 2.75) is 6.92 Å². The Kier molecular flexibility index (Phi) is 3.10. The Labute approximate surface area is 87.2 Å². The van der Waals surface area contributed by atoms with Crippen LogP contribution in [-0.4, -0.2) is 42.5 Å². The van der Waals surface area contributed by atoms with Crippen LogP contribution < -0.4 is 0 Å². The van der Waals surface area contributed by atoms with Crippen molar-refractivity contribution >= 4 is 22.8 Å². The number of ether oxygens (including phenoxy) is 1. The molecule has 0 saturated carbocycles. The lowest BCUT2D eigenvalue weighted by Crippen LogP contribution is -2.34. The number of hydrogen-bond donors (Lipinski definition) is 0. The van der Waals surface area contributed by atoms with E-state index in [-0.39, 0.29) is 0 Å². The molecule has 1 fully saturated rings. The van der Waals surface area contributed by atoms with Crippen LogP contribution in [0.15, 0.2) is 10.4 Å². The molecule has 1 aliphatic rings. The molecule has 1 saturated heterocycles. The molecule has 76 valence electrons. The van der Waals surface area contributed by atoms with Crippen molar-refractivity contribution in [3.63, 3.8) is 0 Å². The van der Waals surface area contributed by atoms with Gasteiger partial charge in [0.15, 0.2) is 0 Å². The minimum atomic E-state index is 0.795. The largest absolute Gasteiger partial charge is 0.378 e. The summed E-state index contributed by atoms with van der Waals surface area (Å²) in [6.45, 7) is 5.41. The van der Waals surface area contributed by atoms with Gasteiger partial charge in [0.1, 0.15) is 0 Å². The molecule has 0 spiro atoms. The molecular weight excluding hydrogens is 198 g/mol. The third kappa shape index (κ3) is 2.52. The van der Waals surface area contributed by atoms with Gasteiger partial charge in [0.2, 0.25) is 5.13 Å². The van der Waals surface area contributed by atoms with E-state index in [2.05, 4.69) is 14.9 Å². The number of thiazole rings is 1. The summed E-state index contributed by atoms with van der Waals surface area (Å²) < 4.78 is 5.24. The molecule has 2 rings (SSSR count). The summed E-state index contributed by atoms with van der Waals surface area (Å²) in [7, 11) is 0. The number of aryl methyl sites for hydroxylation is 1. The van der Waals surface area contributed by atoms with Crippen LogP contribution in [0.4, 0.5) is 5.13 Å². The van der Waals surface area contributed by atoms with Crippen LogP contribution in [-0.2, 0) is 4.74 Å². The van der Waals surface area contributed by atoms with E-state index in [1.54, 1.807) is 11.3 Å². The monoisotopic (exact) mass is 211 g/mol. The Morgan fingerprint density at radius 3 is 3.00 bits per heavy atom. The molecule has 0 atom stereocenters. The van der Waals surface area contributed by atoms with Gasteiger partial charge in [0.25, 0.3) is 0 Å². The minimum Gasteiger partial charge on any atom is -0.378 e. The van der Waals surface area contributed by atoms with Gasteiger partial charge in [-0.05, 0) is 6.92 Å². The normalized spacial score (nSPS) is 17.9. The summed E-state index contributed by atoms with van der Waals surface area (Å²) in [5.41, 5.74) is 1.03. The predicted octanol–water partition coefficient (Wildman–Crippen LogP) is 1.44. The summed E-state index contributed by atoms with van der Waals surface area (Å²) in [5, 5.41) is 2.83. The molecular formula is C9H13N3OS. The average molecular weight is 211 g/mol. The van der Waals surface area contributed by atoms with Gasteiger partial charge in [-0.3, -0.25) is 0 Å². The summed E-state index contributed by atoms with van der Waals surface area (Å²) in [6, 6.07) is 0. The second-order valence-corrected chi connectivity index (χ2v) is 4.00. The summed E-state index contributed by atoms with van der Waals surface area (Å²) in [6.07, 6.45) is 1.86. The smallest absolute Gasteiger partial charge is 0.210 e. The lowest BCUT2D eigenvalue weighted by molar-refractivity contribution is 0.0701. The lowest BCUT2D eigenvalue weighted by Gasteiger charge is -2.23. The number of aromatic nitrogens is 1. The van der Waals surface area contributed by atoms with Crippen LogP contribution in [0.25, 0.3) is 0 Å². The van der Waals surface area contributed by atoms with E-state index in [9.17, 15) is 0 Å². The molecule has 0 bridgehead atoms. The second-order valence-electron chi connectivity index (χ2n) is 3.16. The van der Waals surface area contributed by atoms with Crippen molar-refractivity contribution in [2.75, 3.05) is 26.3 Å². The first kappa shape index (κ1) is 9.61. The van der Waals surface area contributed by atoms with E-state index in [1.165, 1.54) is 0 Å². The quantitative estimate of drug-likeness (QED) is 0.549. The van der Waals surface area contributed by atoms with Gasteiger partial charge < -0.3 is 9.64 Å². The molecule has 4 nitrogen and oxygen atoms in total. The van der Waals surface area contributed by atoms with Gasteiger partial charge >= 0.3 is 0 Å². The van der Waals surface area contributed by atoms with Crippen molar-refractivity contribution < 1.29 is 4.74 Å². The van der Waals surface area contributed by atoms with Crippen molar-refractivity contribution in [3.05, 3.63) is 11.1 Å². The molecule has 0 unspecified atom stereocenters. The topological polar surface area (TPSA) is 37.7 Å². The van der Waals surface area contributed by atoms with E-state index < -0.39 is 0 Å². The highest BCUT2D eigenvalue weighted by atomic mass is 32.1. The summed E-state index contributed by atoms with van der Waals surface area (Å²) in [4.78, 5) is 10.7. The number of nitrogens with zero attached hydrogens (tertiary/aromatic N) is 3. The third-order valence-corrected chi connectivity index (χ3v) is 2.85. The zero-order valence-corrected chi connectivity index (χ0v) is 8.96. The molecule has 2 heterocycles. The minimum absolute atomic E-state index is 0.795. The van der Waals surface area contributed by atoms with Crippen molar-refractivity contribution in [1.82, 2.24) is 9.88 Å². The first-order valence-electron chi connectivity index (χ1n) is 4.63. The molecule has 0 aliphatic carbocycles. The zero-order valence-electron chi connectivity index (χ0n) is 8.14. The third-order valence-electron chi connectivity index (χ3n) is 1.98. The van der Waals surface area contributed by atoms with Gasteiger partial charge in [0, 0.05) is 18.5 Å². The van der Waals surface area contributed by atoms with E-state index in [0.717, 1.165) is 37.1 Å². The van der Waals surface area contributed by atoms with Gasteiger partial charge in [-0.1, -0.05) is 0 Å². The zero-order chi connectivity index (χ0) is 9.80. The van der Waals surface area contributed by atoms with Gasteiger partial charge in [-0.25, -0.2) is 9.98 Å². The van der Waals surface area contributed by atoms with Gasteiger partial charge in [0.05, 0.1) is 25.2 Å². The molecule has 0 N–H and O–H groups in total. The Morgan fingerprint density at radius 2 is 2.36 bits per heavy atom. The molecule has 0 aromatic carbocycles. The van der Waals surface area contributed by atoms with Crippen LogP contribution in [0.1, 0.15) is 5.69 Å². The Hall–Kier alpha value is -0.940. The average Bonchev–Trinajstić information content (AvgIpc) is 2.63. The van der Waals surface area contributed by atoms with Crippen LogP contribution in [0.5, 0.6) is 0 Å². The van der Waals surface area contributed by atoms with Crippen LogP contribution in [0.3, 0.4) is 0 Å². The highest BCUT2D eigenvalue weighted by Crippen LogP contribution is 2.17. The summed E-state index contributed by atoms with van der Waals surface area (Å²) in [5.74, 6) is 0. The fourth-order valence-corrected chi connectivity index (χ4v) is 1.86. The fraction of sp³-hybridized carbons (Fsp3) is 0.556. The first-order chi connectivity index (χ1) is 6.84. The second kappa shape index (κ2) is 4.52. The van der Waals surface area contributed by atoms with E-state index in [0.29, 0.717) is 0 Å². The number of hydrogen-bond acceptors (Lipinski definition) is 4. The maximum atomic E-state index is 5.24. The van der Waals surface area contributed by atoms with Gasteiger partial charge in [-0.15, -0.1) is 11.3 Å². The molecule has 14 heavy (non-hydrogen) atoms. The molecule has 1 aliphatic heterocycles. The van der Waals surface area contributed by atoms with Crippen LogP contribution in [0, 0.1) is 6.92 Å². The van der Waals surface area contributed by atoms with Crippen molar-refractivity contribution in [3.8, 4) is 0 Å². The molecule has 0 radical (unpaired) electrons. The highest BCUT2D eigenvalue weighted by molar-refractivity contribution is 7.13. The predicted molar refractivity (Wildman–Crippen MR) is 57.4 cm³/mol. The number of aliphatic imine (C=N–C) groups is 1. The maximum Gasteiger partial charge on any atom is 0.210 e. The van der Waals surface area contributed by atoms with E-state index >= 15 is 0 Å². The first-order valence-corrected chi connectivity index (χ1v) is 5.51. The summed E-state index contributed by atoms with van der Waals surface area (Å²) >= 11 is 1.57. The molecule has 1 aromatic heterocycles. The van der Waals surface area contributed by atoms with Crippen molar-refractivity contribution in [2.24, 2.45) is 4.99 Å².